The highest BCUT2D eigenvalue weighted by Crippen LogP contribution is 2.19. The van der Waals surface area contributed by atoms with Crippen LogP contribution in [0, 0.1) is 0 Å². The lowest BCUT2D eigenvalue weighted by atomic mass is 10.1. The number of amides is 1. The molecule has 2 aromatic rings. The predicted octanol–water partition coefficient (Wildman–Crippen LogP) is 2.72. The summed E-state index contributed by atoms with van der Waals surface area (Å²) in [5.74, 6) is 0.835. The molecule has 1 aliphatic rings. The first-order chi connectivity index (χ1) is 10.3. The highest BCUT2D eigenvalue weighted by atomic mass is 16.1. The molecule has 0 aromatic carbocycles. The van der Waals surface area contributed by atoms with Gasteiger partial charge < -0.3 is 10.2 Å². The Bertz CT molecular complexity index is 591. The lowest BCUT2D eigenvalue weighted by Crippen LogP contribution is -2.30. The molecule has 0 saturated carbocycles. The van der Waals surface area contributed by atoms with Crippen molar-refractivity contribution in [2.24, 2.45) is 0 Å². The first kappa shape index (κ1) is 13.5. The summed E-state index contributed by atoms with van der Waals surface area (Å²) in [5, 5.41) is 2.84. The predicted molar refractivity (Wildman–Crippen MR) is 82.5 cm³/mol. The van der Waals surface area contributed by atoms with Gasteiger partial charge in [-0.25, -0.2) is 4.98 Å². The van der Waals surface area contributed by atoms with Crippen molar-refractivity contribution in [1.29, 1.82) is 0 Å². The van der Waals surface area contributed by atoms with E-state index in [0.717, 1.165) is 18.9 Å². The molecular formula is C16H18N4O. The van der Waals surface area contributed by atoms with Gasteiger partial charge in [0, 0.05) is 31.0 Å². The summed E-state index contributed by atoms with van der Waals surface area (Å²) in [7, 11) is 0. The third-order valence-corrected chi connectivity index (χ3v) is 3.63. The Hall–Kier alpha value is -2.43. The summed E-state index contributed by atoms with van der Waals surface area (Å²) in [6, 6.07) is 7.24. The van der Waals surface area contributed by atoms with Crippen LogP contribution in [0.1, 0.15) is 29.6 Å². The quantitative estimate of drug-likeness (QED) is 0.940. The summed E-state index contributed by atoms with van der Waals surface area (Å²) < 4.78 is 0. The van der Waals surface area contributed by atoms with Crippen molar-refractivity contribution in [1.82, 2.24) is 9.97 Å². The van der Waals surface area contributed by atoms with E-state index >= 15 is 0 Å². The average Bonchev–Trinajstić information content (AvgIpc) is 2.57. The Balaban J connectivity index is 1.65. The molecule has 3 heterocycles. The van der Waals surface area contributed by atoms with E-state index in [1.54, 1.807) is 30.7 Å². The second-order valence-electron chi connectivity index (χ2n) is 5.14. The van der Waals surface area contributed by atoms with E-state index in [0.29, 0.717) is 11.3 Å². The van der Waals surface area contributed by atoms with Crippen molar-refractivity contribution in [3.8, 4) is 0 Å². The molecule has 1 N–H and O–H groups in total. The number of pyridine rings is 2. The highest BCUT2D eigenvalue weighted by Gasteiger charge is 2.12. The Morgan fingerprint density at radius 1 is 1.05 bits per heavy atom. The van der Waals surface area contributed by atoms with Crippen LogP contribution in [-0.2, 0) is 0 Å². The number of rotatable bonds is 3. The average molecular weight is 282 g/mol. The summed E-state index contributed by atoms with van der Waals surface area (Å²) in [4.78, 5) is 22.7. The zero-order valence-corrected chi connectivity index (χ0v) is 11.8. The lowest BCUT2D eigenvalue weighted by molar-refractivity contribution is 0.102. The van der Waals surface area contributed by atoms with Crippen molar-refractivity contribution in [2.75, 3.05) is 23.3 Å². The van der Waals surface area contributed by atoms with Crippen molar-refractivity contribution in [2.45, 2.75) is 19.3 Å². The smallest absolute Gasteiger partial charge is 0.255 e. The van der Waals surface area contributed by atoms with Gasteiger partial charge in [0.25, 0.3) is 5.91 Å². The molecule has 1 amide bonds. The number of hydrogen-bond donors (Lipinski definition) is 1. The Morgan fingerprint density at radius 3 is 2.48 bits per heavy atom. The van der Waals surface area contributed by atoms with E-state index in [1.165, 1.54) is 19.3 Å². The minimum Gasteiger partial charge on any atom is -0.357 e. The molecule has 0 spiro atoms. The fourth-order valence-corrected chi connectivity index (χ4v) is 2.48. The largest absolute Gasteiger partial charge is 0.357 e. The molecule has 0 radical (unpaired) electrons. The molecule has 5 nitrogen and oxygen atoms in total. The van der Waals surface area contributed by atoms with E-state index in [-0.39, 0.29) is 5.91 Å². The van der Waals surface area contributed by atoms with E-state index < -0.39 is 0 Å². The van der Waals surface area contributed by atoms with Gasteiger partial charge in [0.2, 0.25) is 0 Å². The molecular weight excluding hydrogens is 264 g/mol. The van der Waals surface area contributed by atoms with Crippen molar-refractivity contribution in [3.05, 3.63) is 48.4 Å². The molecule has 21 heavy (non-hydrogen) atoms. The van der Waals surface area contributed by atoms with Crippen molar-refractivity contribution in [3.63, 3.8) is 0 Å². The number of nitrogens with one attached hydrogen (secondary N) is 1. The number of nitrogens with zero attached hydrogens (tertiary/aromatic N) is 3. The van der Waals surface area contributed by atoms with Gasteiger partial charge in [0.15, 0.2) is 0 Å². The van der Waals surface area contributed by atoms with Gasteiger partial charge in [0.1, 0.15) is 5.82 Å². The van der Waals surface area contributed by atoms with Crippen LogP contribution >= 0.6 is 0 Å². The maximum atomic E-state index is 12.0. The fourth-order valence-electron chi connectivity index (χ4n) is 2.48. The van der Waals surface area contributed by atoms with E-state index in [1.807, 2.05) is 12.1 Å². The standard InChI is InChI=1S/C16H18N4O/c21-16(13-6-8-17-9-7-13)19-14-4-5-15(18-12-14)20-10-2-1-3-11-20/h4-9,12H,1-3,10-11H2,(H,19,21). The molecule has 0 aliphatic carbocycles. The molecule has 1 fully saturated rings. The lowest BCUT2D eigenvalue weighted by Gasteiger charge is -2.27. The van der Waals surface area contributed by atoms with E-state index in [4.69, 9.17) is 0 Å². The molecule has 0 unspecified atom stereocenters. The third-order valence-electron chi connectivity index (χ3n) is 3.63. The number of carbonyl (C=O) groups excluding carboxylic acids is 1. The molecule has 1 saturated heterocycles. The van der Waals surface area contributed by atoms with Crippen LogP contribution < -0.4 is 10.2 Å². The molecule has 5 heteroatoms. The van der Waals surface area contributed by atoms with Gasteiger partial charge in [-0.2, -0.15) is 0 Å². The summed E-state index contributed by atoms with van der Waals surface area (Å²) in [6.45, 7) is 2.13. The van der Waals surface area contributed by atoms with Gasteiger partial charge in [-0.05, 0) is 43.5 Å². The summed E-state index contributed by atoms with van der Waals surface area (Å²) in [6.07, 6.45) is 8.67. The number of carbonyl (C=O) groups is 1. The van der Waals surface area contributed by atoms with Gasteiger partial charge in [-0.3, -0.25) is 9.78 Å². The van der Waals surface area contributed by atoms with Gasteiger partial charge in [-0.15, -0.1) is 0 Å². The normalized spacial score (nSPS) is 14.8. The van der Waals surface area contributed by atoms with Crippen molar-refractivity contribution >= 4 is 17.4 Å². The van der Waals surface area contributed by atoms with Crippen LogP contribution in [0.2, 0.25) is 0 Å². The summed E-state index contributed by atoms with van der Waals surface area (Å²) >= 11 is 0. The van der Waals surface area contributed by atoms with Crippen molar-refractivity contribution < 1.29 is 4.79 Å². The zero-order valence-electron chi connectivity index (χ0n) is 11.8. The third kappa shape index (κ3) is 3.37. The van der Waals surface area contributed by atoms with Crippen LogP contribution in [0.5, 0.6) is 0 Å². The van der Waals surface area contributed by atoms with E-state index in [9.17, 15) is 4.79 Å². The Kier molecular flexibility index (Phi) is 4.09. The zero-order chi connectivity index (χ0) is 14.5. The van der Waals surface area contributed by atoms with Crippen LogP contribution in [-0.4, -0.2) is 29.0 Å². The number of aromatic nitrogens is 2. The number of hydrogen-bond acceptors (Lipinski definition) is 4. The van der Waals surface area contributed by atoms with Crippen LogP contribution in [0.25, 0.3) is 0 Å². The topological polar surface area (TPSA) is 58.1 Å². The fraction of sp³-hybridized carbons (Fsp3) is 0.312. The maximum Gasteiger partial charge on any atom is 0.255 e. The monoisotopic (exact) mass is 282 g/mol. The van der Waals surface area contributed by atoms with Crippen LogP contribution in [0.15, 0.2) is 42.9 Å². The Morgan fingerprint density at radius 2 is 1.81 bits per heavy atom. The highest BCUT2D eigenvalue weighted by molar-refractivity contribution is 6.04. The molecule has 2 aromatic heterocycles. The molecule has 108 valence electrons. The minimum absolute atomic E-state index is 0.148. The minimum atomic E-state index is -0.148. The van der Waals surface area contributed by atoms with Crippen LogP contribution in [0.4, 0.5) is 11.5 Å². The maximum absolute atomic E-state index is 12.0. The van der Waals surface area contributed by atoms with Gasteiger partial charge in [-0.1, -0.05) is 0 Å². The van der Waals surface area contributed by atoms with E-state index in [2.05, 4.69) is 20.2 Å². The van der Waals surface area contributed by atoms with Gasteiger partial charge >= 0.3 is 0 Å². The number of anilines is 2. The first-order valence-corrected chi connectivity index (χ1v) is 7.25. The second-order valence-corrected chi connectivity index (χ2v) is 5.14. The molecule has 0 bridgehead atoms. The SMILES string of the molecule is O=C(Nc1ccc(N2CCCCC2)nc1)c1ccncc1. The number of piperidine rings is 1. The molecule has 3 rings (SSSR count). The Labute approximate surface area is 124 Å². The van der Waals surface area contributed by atoms with Crippen LogP contribution in [0.3, 0.4) is 0 Å². The van der Waals surface area contributed by atoms with Gasteiger partial charge in [0.05, 0.1) is 11.9 Å². The first-order valence-electron chi connectivity index (χ1n) is 7.25. The second kappa shape index (κ2) is 6.35. The molecule has 0 atom stereocenters. The molecule has 1 aliphatic heterocycles. The summed E-state index contributed by atoms with van der Waals surface area (Å²) in [5.41, 5.74) is 1.29.